The summed E-state index contributed by atoms with van der Waals surface area (Å²) in [5, 5.41) is 0. The summed E-state index contributed by atoms with van der Waals surface area (Å²) < 4.78 is 21.6. The van der Waals surface area contributed by atoms with Crippen molar-refractivity contribution in [3.63, 3.8) is 0 Å². The van der Waals surface area contributed by atoms with Crippen LogP contribution in [0.5, 0.6) is 11.5 Å². The topological polar surface area (TPSA) is 83.4 Å². The van der Waals surface area contributed by atoms with Gasteiger partial charge < -0.3 is 18.9 Å². The monoisotopic (exact) mass is 461 g/mol. The van der Waals surface area contributed by atoms with Crippen LogP contribution in [-0.2, 0) is 19.1 Å². The second kappa shape index (κ2) is 9.43. The SMILES string of the molecule is COCCOC(=O)C1C(C)=NC2=C(C(=O)C[C@H](c3ccccc3)C2)[C@@H]1c1ccc2c(c1)OCO2. The van der Waals surface area contributed by atoms with Gasteiger partial charge in [0, 0.05) is 36.4 Å². The van der Waals surface area contributed by atoms with Crippen molar-refractivity contribution in [2.24, 2.45) is 10.9 Å². The van der Waals surface area contributed by atoms with Gasteiger partial charge in [0.05, 0.1) is 6.61 Å². The third-order valence-corrected chi connectivity index (χ3v) is 6.70. The molecular weight excluding hydrogens is 434 g/mol. The van der Waals surface area contributed by atoms with Crippen molar-refractivity contribution >= 4 is 17.5 Å². The Bertz CT molecular complexity index is 1170. The van der Waals surface area contributed by atoms with Crippen LogP contribution in [0.25, 0.3) is 0 Å². The Balaban J connectivity index is 1.56. The van der Waals surface area contributed by atoms with Gasteiger partial charge in [-0.2, -0.15) is 0 Å². The number of aliphatic imine (C=N–C) groups is 1. The second-order valence-corrected chi connectivity index (χ2v) is 8.78. The third-order valence-electron chi connectivity index (χ3n) is 6.70. The third kappa shape index (κ3) is 4.12. The van der Waals surface area contributed by atoms with E-state index in [9.17, 15) is 9.59 Å². The molecule has 2 aliphatic heterocycles. The highest BCUT2D eigenvalue weighted by Gasteiger charge is 2.45. The Labute approximate surface area is 198 Å². The molecule has 7 heteroatoms. The van der Waals surface area contributed by atoms with E-state index in [1.165, 1.54) is 0 Å². The van der Waals surface area contributed by atoms with Gasteiger partial charge in [-0.05, 0) is 42.5 Å². The zero-order valence-corrected chi connectivity index (χ0v) is 19.3. The van der Waals surface area contributed by atoms with E-state index in [4.69, 9.17) is 23.9 Å². The van der Waals surface area contributed by atoms with Crippen LogP contribution in [-0.4, -0.2) is 44.6 Å². The molecule has 2 aromatic carbocycles. The molecule has 1 unspecified atom stereocenters. The first-order valence-electron chi connectivity index (χ1n) is 11.5. The van der Waals surface area contributed by atoms with Crippen molar-refractivity contribution in [3.05, 3.63) is 70.9 Å². The molecule has 0 amide bonds. The minimum atomic E-state index is -0.701. The number of Topliss-reactive ketones (excluding diaryl/α,β-unsaturated/α-hetero) is 1. The van der Waals surface area contributed by atoms with Crippen LogP contribution in [0.1, 0.15) is 42.7 Å². The highest BCUT2D eigenvalue weighted by molar-refractivity contribution is 6.09. The molecule has 2 aromatic rings. The van der Waals surface area contributed by atoms with Gasteiger partial charge in [-0.3, -0.25) is 14.6 Å². The lowest BCUT2D eigenvalue weighted by molar-refractivity contribution is -0.147. The number of hydrogen-bond donors (Lipinski definition) is 0. The summed E-state index contributed by atoms with van der Waals surface area (Å²) in [5.41, 5.74) is 3.93. The number of benzene rings is 2. The number of rotatable bonds is 6. The van der Waals surface area contributed by atoms with E-state index in [0.29, 0.717) is 42.2 Å². The molecule has 2 heterocycles. The zero-order chi connectivity index (χ0) is 23.7. The first kappa shape index (κ1) is 22.3. The molecule has 5 rings (SSSR count). The van der Waals surface area contributed by atoms with Crippen molar-refractivity contribution in [2.45, 2.75) is 31.6 Å². The summed E-state index contributed by atoms with van der Waals surface area (Å²) in [6.07, 6.45) is 1.03. The number of hydrogen-bond acceptors (Lipinski definition) is 7. The van der Waals surface area contributed by atoms with Gasteiger partial charge in [-0.15, -0.1) is 0 Å². The first-order chi connectivity index (χ1) is 16.6. The van der Waals surface area contributed by atoms with Crippen molar-refractivity contribution in [1.82, 2.24) is 0 Å². The molecule has 34 heavy (non-hydrogen) atoms. The maximum absolute atomic E-state index is 13.6. The zero-order valence-electron chi connectivity index (χ0n) is 19.3. The first-order valence-corrected chi connectivity index (χ1v) is 11.5. The summed E-state index contributed by atoms with van der Waals surface area (Å²) in [5.74, 6) is -0.274. The van der Waals surface area contributed by atoms with Gasteiger partial charge in [0.15, 0.2) is 17.3 Å². The lowest BCUT2D eigenvalue weighted by atomic mass is 9.69. The lowest BCUT2D eigenvalue weighted by Gasteiger charge is -2.36. The van der Waals surface area contributed by atoms with E-state index in [0.717, 1.165) is 16.8 Å². The summed E-state index contributed by atoms with van der Waals surface area (Å²) in [6, 6.07) is 15.6. The van der Waals surface area contributed by atoms with Crippen LogP contribution in [0.4, 0.5) is 0 Å². The fourth-order valence-corrected chi connectivity index (χ4v) is 5.11. The molecule has 0 aromatic heterocycles. The average Bonchev–Trinajstić information content (AvgIpc) is 3.31. The maximum Gasteiger partial charge on any atom is 0.315 e. The number of ether oxygens (including phenoxy) is 4. The van der Waals surface area contributed by atoms with E-state index in [1.807, 2.05) is 55.5 Å². The lowest BCUT2D eigenvalue weighted by Crippen LogP contribution is -2.38. The molecule has 0 radical (unpaired) electrons. The number of esters is 1. The summed E-state index contributed by atoms with van der Waals surface area (Å²) >= 11 is 0. The van der Waals surface area contributed by atoms with Gasteiger partial charge >= 0.3 is 5.97 Å². The van der Waals surface area contributed by atoms with E-state index in [1.54, 1.807) is 7.11 Å². The number of ketones is 1. The Morgan fingerprint density at radius 1 is 1.03 bits per heavy atom. The van der Waals surface area contributed by atoms with Crippen LogP contribution >= 0.6 is 0 Å². The standard InChI is InChI=1S/C27H27NO6/c1-16-24(27(30)32-11-10-31-2)25(18-8-9-22-23(14-18)34-15-33-22)26-20(28-16)12-19(13-21(26)29)17-6-4-3-5-7-17/h3-9,14,19,24-25H,10-13,15H2,1-2H3/t19-,24?,25-/m1/s1. The number of nitrogens with zero attached hydrogens (tertiary/aromatic N) is 1. The maximum atomic E-state index is 13.6. The summed E-state index contributed by atoms with van der Waals surface area (Å²) in [7, 11) is 1.55. The van der Waals surface area contributed by atoms with Crippen molar-refractivity contribution in [3.8, 4) is 11.5 Å². The largest absolute Gasteiger partial charge is 0.463 e. The number of fused-ring (bicyclic) bond motifs is 1. The molecule has 0 spiro atoms. The molecular formula is C27H27NO6. The second-order valence-electron chi connectivity index (χ2n) is 8.78. The predicted molar refractivity (Wildman–Crippen MR) is 125 cm³/mol. The fraction of sp³-hybridized carbons (Fsp3) is 0.370. The molecule has 0 saturated heterocycles. The Hall–Kier alpha value is -3.45. The Kier molecular flexibility index (Phi) is 6.20. The quantitative estimate of drug-likeness (QED) is 0.474. The van der Waals surface area contributed by atoms with Crippen LogP contribution in [0.15, 0.2) is 64.8 Å². The molecule has 1 aliphatic carbocycles. The highest BCUT2D eigenvalue weighted by atomic mass is 16.7. The van der Waals surface area contributed by atoms with Gasteiger partial charge in [0.2, 0.25) is 6.79 Å². The van der Waals surface area contributed by atoms with Crippen molar-refractivity contribution in [1.29, 1.82) is 0 Å². The van der Waals surface area contributed by atoms with E-state index in [-0.39, 0.29) is 25.1 Å². The Morgan fingerprint density at radius 3 is 2.62 bits per heavy atom. The molecule has 0 fully saturated rings. The van der Waals surface area contributed by atoms with Crippen molar-refractivity contribution < 1.29 is 28.5 Å². The van der Waals surface area contributed by atoms with Crippen LogP contribution < -0.4 is 9.47 Å². The van der Waals surface area contributed by atoms with Gasteiger partial charge in [-0.25, -0.2) is 0 Å². The van der Waals surface area contributed by atoms with E-state index >= 15 is 0 Å². The number of carbonyl (C=O) groups is 2. The molecule has 3 aliphatic rings. The summed E-state index contributed by atoms with van der Waals surface area (Å²) in [4.78, 5) is 31.6. The Morgan fingerprint density at radius 2 is 1.82 bits per heavy atom. The van der Waals surface area contributed by atoms with Crippen LogP contribution in [0, 0.1) is 5.92 Å². The molecule has 176 valence electrons. The number of carbonyl (C=O) groups excluding carboxylic acids is 2. The van der Waals surface area contributed by atoms with E-state index < -0.39 is 17.8 Å². The van der Waals surface area contributed by atoms with Gasteiger partial charge in [0.1, 0.15) is 12.5 Å². The highest BCUT2D eigenvalue weighted by Crippen LogP contribution is 2.48. The molecule has 7 nitrogen and oxygen atoms in total. The van der Waals surface area contributed by atoms with Gasteiger partial charge in [0.25, 0.3) is 0 Å². The molecule has 0 bridgehead atoms. The average molecular weight is 462 g/mol. The number of allylic oxidation sites excluding steroid dienone is 2. The molecule has 3 atom stereocenters. The minimum absolute atomic E-state index is 0.0173. The summed E-state index contributed by atoms with van der Waals surface area (Å²) in [6.45, 7) is 2.43. The predicted octanol–water partition coefficient (Wildman–Crippen LogP) is 4.18. The fourth-order valence-electron chi connectivity index (χ4n) is 5.11. The van der Waals surface area contributed by atoms with E-state index in [2.05, 4.69) is 0 Å². The molecule has 0 saturated carbocycles. The smallest absolute Gasteiger partial charge is 0.315 e. The minimum Gasteiger partial charge on any atom is -0.463 e. The van der Waals surface area contributed by atoms with Crippen LogP contribution in [0.2, 0.25) is 0 Å². The van der Waals surface area contributed by atoms with Gasteiger partial charge in [-0.1, -0.05) is 36.4 Å². The van der Waals surface area contributed by atoms with Crippen molar-refractivity contribution in [2.75, 3.05) is 27.1 Å². The van der Waals surface area contributed by atoms with Crippen LogP contribution in [0.3, 0.4) is 0 Å². The number of methoxy groups -OCH3 is 1. The molecule has 0 N–H and O–H groups in total. The normalized spacial score (nSPS) is 23.4.